The maximum Gasteiger partial charge on any atom is 0.416 e. The van der Waals surface area contributed by atoms with Crippen molar-refractivity contribution in [1.82, 2.24) is 4.98 Å². The molecular weight excluding hydrogens is 379 g/mol. The molecule has 3 aromatic rings. The van der Waals surface area contributed by atoms with Crippen LogP contribution in [0.3, 0.4) is 0 Å². The van der Waals surface area contributed by atoms with Gasteiger partial charge in [0, 0.05) is 12.1 Å². The number of halogens is 3. The quantitative estimate of drug-likeness (QED) is 0.519. The molecule has 0 unspecified atom stereocenters. The fraction of sp³-hybridized carbons (Fsp3) is 0.222. The maximum absolute atomic E-state index is 12.9. The molecule has 1 aromatic heterocycles. The lowest BCUT2D eigenvalue weighted by molar-refractivity contribution is -0.682. The van der Waals surface area contributed by atoms with Crippen molar-refractivity contribution in [3.05, 3.63) is 52.3 Å². The molecule has 0 fully saturated rings. The van der Waals surface area contributed by atoms with Gasteiger partial charge in [0.25, 0.3) is 4.77 Å². The number of hydrogen-bond donors (Lipinski definition) is 2. The van der Waals surface area contributed by atoms with Crippen LogP contribution in [0.2, 0.25) is 0 Å². The van der Waals surface area contributed by atoms with E-state index in [1.54, 1.807) is 22.8 Å². The number of nitrogens with two attached hydrogens (primary N) is 1. The number of nitrogens with one attached hydrogen (secondary N) is 1. The van der Waals surface area contributed by atoms with Crippen LogP contribution < -0.4 is 19.8 Å². The van der Waals surface area contributed by atoms with Crippen LogP contribution in [0.15, 0.2) is 36.4 Å². The summed E-state index contributed by atoms with van der Waals surface area (Å²) in [5, 5.41) is 0.619. The van der Waals surface area contributed by atoms with Gasteiger partial charge in [-0.25, -0.2) is 4.57 Å². The summed E-state index contributed by atoms with van der Waals surface area (Å²) in [6.07, 6.45) is -4.41. The maximum atomic E-state index is 12.9. The summed E-state index contributed by atoms with van der Waals surface area (Å²) in [4.78, 5) is 3.03. The second kappa shape index (κ2) is 7.07. The minimum absolute atomic E-state index is 0.0926. The van der Waals surface area contributed by atoms with Crippen LogP contribution in [-0.2, 0) is 12.7 Å². The third kappa shape index (κ3) is 3.68. The van der Waals surface area contributed by atoms with Crippen LogP contribution in [0, 0.1) is 4.77 Å². The first kappa shape index (κ1) is 19.0. The molecule has 0 atom stereocenters. The highest BCUT2D eigenvalue weighted by molar-refractivity contribution is 7.71. The number of benzene rings is 2. The Kier molecular flexibility index (Phi) is 4.97. The summed E-state index contributed by atoms with van der Waals surface area (Å²) in [5.41, 5.74) is 6.61. The zero-order valence-electron chi connectivity index (χ0n) is 14.6. The first-order chi connectivity index (χ1) is 12.7. The van der Waals surface area contributed by atoms with Crippen molar-refractivity contribution in [1.29, 1.82) is 0 Å². The monoisotopic (exact) mass is 396 g/mol. The van der Waals surface area contributed by atoms with Gasteiger partial charge in [-0.1, -0.05) is 12.1 Å². The van der Waals surface area contributed by atoms with Gasteiger partial charge in [0.15, 0.2) is 11.5 Å². The first-order valence-electron chi connectivity index (χ1n) is 7.88. The molecule has 9 heteroatoms. The Morgan fingerprint density at radius 2 is 1.78 bits per heavy atom. The predicted molar refractivity (Wildman–Crippen MR) is 97.4 cm³/mol. The van der Waals surface area contributed by atoms with Crippen molar-refractivity contribution in [2.45, 2.75) is 12.7 Å². The number of anilines is 1. The smallest absolute Gasteiger partial charge is 0.416 e. The van der Waals surface area contributed by atoms with Crippen LogP contribution in [-0.4, -0.2) is 19.2 Å². The van der Waals surface area contributed by atoms with Gasteiger partial charge in [-0.15, -0.1) is 0 Å². The van der Waals surface area contributed by atoms with Crippen LogP contribution in [0.25, 0.3) is 10.9 Å². The molecule has 3 rings (SSSR count). The molecule has 142 valence electrons. The Balaban J connectivity index is 2.11. The van der Waals surface area contributed by atoms with Crippen LogP contribution in [0.5, 0.6) is 11.5 Å². The molecule has 3 N–H and O–H groups in total. The van der Waals surface area contributed by atoms with Gasteiger partial charge in [0.1, 0.15) is 5.52 Å². The number of H-pyrrole nitrogens is 1. The lowest BCUT2D eigenvalue weighted by Gasteiger charge is -2.12. The molecule has 0 saturated carbocycles. The van der Waals surface area contributed by atoms with Crippen LogP contribution in [0.4, 0.5) is 19.0 Å². The third-order valence-corrected chi connectivity index (χ3v) is 4.49. The second-order valence-electron chi connectivity index (χ2n) is 5.85. The number of aromatic nitrogens is 2. The fourth-order valence-electron chi connectivity index (χ4n) is 2.82. The summed E-state index contributed by atoms with van der Waals surface area (Å²) in [6, 6.07) is 8.45. The molecule has 27 heavy (non-hydrogen) atoms. The Hall–Kier alpha value is -2.81. The van der Waals surface area contributed by atoms with Gasteiger partial charge in [0.05, 0.1) is 31.7 Å². The minimum atomic E-state index is -4.41. The van der Waals surface area contributed by atoms with E-state index in [0.717, 1.165) is 12.1 Å². The van der Waals surface area contributed by atoms with E-state index in [-0.39, 0.29) is 11.3 Å². The van der Waals surface area contributed by atoms with E-state index < -0.39 is 11.7 Å². The number of nitrogen functional groups attached to an aromatic ring is 1. The van der Waals surface area contributed by atoms with Crippen molar-refractivity contribution in [3.8, 4) is 11.5 Å². The van der Waals surface area contributed by atoms with Gasteiger partial charge in [-0.2, -0.15) is 13.2 Å². The lowest BCUT2D eigenvalue weighted by atomic mass is 10.1. The topological polar surface area (TPSA) is 64.2 Å². The van der Waals surface area contributed by atoms with E-state index in [9.17, 15) is 13.2 Å². The molecule has 0 aliphatic carbocycles. The van der Waals surface area contributed by atoms with Gasteiger partial charge in [-0.05, 0) is 29.9 Å². The second-order valence-corrected chi connectivity index (χ2v) is 6.24. The normalized spacial score (nSPS) is 11.6. The van der Waals surface area contributed by atoms with E-state index >= 15 is 0 Å². The summed E-state index contributed by atoms with van der Waals surface area (Å²) < 4.78 is 51.2. The zero-order chi connectivity index (χ0) is 19.8. The van der Waals surface area contributed by atoms with E-state index in [2.05, 4.69) is 4.98 Å². The van der Waals surface area contributed by atoms with Gasteiger partial charge < -0.3 is 15.2 Å². The van der Waals surface area contributed by atoms with E-state index in [1.807, 2.05) is 0 Å². The fourth-order valence-corrected chi connectivity index (χ4v) is 3.09. The molecule has 0 bridgehead atoms. The molecule has 0 aliphatic rings. The highest BCUT2D eigenvalue weighted by Gasteiger charge is 2.30. The predicted octanol–water partition coefficient (Wildman–Crippen LogP) is 3.85. The number of methoxy groups -OCH3 is 2. The molecular formula is C18H17F3N3O2S+. The van der Waals surface area contributed by atoms with Crippen molar-refractivity contribution < 1.29 is 27.2 Å². The summed E-state index contributed by atoms with van der Waals surface area (Å²) in [7, 11) is 3.01. The average molecular weight is 396 g/mol. The Morgan fingerprint density at radius 3 is 2.41 bits per heavy atom. The van der Waals surface area contributed by atoms with Gasteiger partial charge in [-0.3, -0.25) is 4.98 Å². The highest BCUT2D eigenvalue weighted by atomic mass is 32.1. The summed E-state index contributed by atoms with van der Waals surface area (Å²) >= 11 is 5.35. The molecule has 0 amide bonds. The lowest BCUT2D eigenvalue weighted by Crippen LogP contribution is -2.40. The van der Waals surface area contributed by atoms with E-state index in [4.69, 9.17) is 27.4 Å². The average Bonchev–Trinajstić information content (AvgIpc) is 2.63. The molecule has 0 radical (unpaired) electrons. The summed E-state index contributed by atoms with van der Waals surface area (Å²) in [6.45, 7) is 0.0926. The molecule has 0 spiro atoms. The van der Waals surface area contributed by atoms with Crippen molar-refractivity contribution in [2.75, 3.05) is 20.0 Å². The molecule has 1 heterocycles. The number of ether oxygens (including phenoxy) is 2. The number of fused-ring (bicyclic) bond motifs is 1. The van der Waals surface area contributed by atoms with Crippen LogP contribution in [0.1, 0.15) is 11.1 Å². The van der Waals surface area contributed by atoms with E-state index in [0.29, 0.717) is 33.8 Å². The summed E-state index contributed by atoms with van der Waals surface area (Å²) in [5.74, 6) is 1.30. The SMILES string of the molecule is COc1cc2[nH]c(=S)[n+](Cc3cccc(C(F)(F)F)c3)c(N)c2cc1OC. The van der Waals surface area contributed by atoms with Crippen molar-refractivity contribution in [3.63, 3.8) is 0 Å². The number of alkyl halides is 3. The van der Waals surface area contributed by atoms with E-state index in [1.165, 1.54) is 20.3 Å². The van der Waals surface area contributed by atoms with Crippen molar-refractivity contribution >= 4 is 28.9 Å². The van der Waals surface area contributed by atoms with Crippen LogP contribution >= 0.6 is 12.2 Å². The highest BCUT2D eigenvalue weighted by Crippen LogP contribution is 2.33. The molecule has 0 saturated heterocycles. The third-order valence-electron chi connectivity index (χ3n) is 4.17. The Morgan fingerprint density at radius 1 is 1.11 bits per heavy atom. The molecule has 0 aliphatic heterocycles. The first-order valence-corrected chi connectivity index (χ1v) is 8.29. The number of aromatic amines is 1. The Bertz CT molecular complexity index is 1060. The molecule has 2 aromatic carbocycles. The van der Waals surface area contributed by atoms with Gasteiger partial charge in [0.2, 0.25) is 5.82 Å². The zero-order valence-corrected chi connectivity index (χ0v) is 15.4. The standard InChI is InChI=1S/C18H16F3N3O2S/c1-25-14-7-12-13(8-15(14)26-2)23-17(27)24(16(12)22)9-10-4-3-5-11(6-10)18(19,20)21/h3-8H,9H2,1-2H3,(H2,22,23,27)/p+1. The number of rotatable bonds is 4. The number of nitrogens with zero attached hydrogens (tertiary/aromatic N) is 1. The largest absolute Gasteiger partial charge is 0.493 e. The molecule has 5 nitrogen and oxygen atoms in total. The number of hydrogen-bond acceptors (Lipinski definition) is 4. The minimum Gasteiger partial charge on any atom is -0.493 e. The van der Waals surface area contributed by atoms with Crippen molar-refractivity contribution in [2.24, 2.45) is 0 Å². The Labute approximate surface area is 158 Å². The van der Waals surface area contributed by atoms with Gasteiger partial charge >= 0.3 is 6.18 Å².